The molecule has 0 fully saturated rings. The van der Waals surface area contributed by atoms with Crippen molar-refractivity contribution in [1.29, 1.82) is 0 Å². The van der Waals surface area contributed by atoms with Crippen LogP contribution in [-0.2, 0) is 9.84 Å². The third-order valence-corrected chi connectivity index (χ3v) is 4.65. The van der Waals surface area contributed by atoms with Crippen molar-refractivity contribution in [2.75, 3.05) is 12.5 Å². The molecule has 23 heavy (non-hydrogen) atoms. The van der Waals surface area contributed by atoms with Gasteiger partial charge in [0.25, 0.3) is 0 Å². The topological polar surface area (TPSA) is 99.4 Å². The van der Waals surface area contributed by atoms with Crippen LogP contribution in [0.15, 0.2) is 33.8 Å². The van der Waals surface area contributed by atoms with Gasteiger partial charge in [0.2, 0.25) is 0 Å². The van der Waals surface area contributed by atoms with E-state index in [1.807, 2.05) is 0 Å². The summed E-state index contributed by atoms with van der Waals surface area (Å²) in [4.78, 5) is 14.7. The van der Waals surface area contributed by atoms with Crippen LogP contribution in [0, 0.1) is 5.82 Å². The molecule has 0 aliphatic rings. The van der Waals surface area contributed by atoms with Gasteiger partial charge in [-0.1, -0.05) is 6.07 Å². The van der Waals surface area contributed by atoms with Crippen LogP contribution < -0.4 is 63.5 Å². The number of sulfone groups is 1. The van der Waals surface area contributed by atoms with Gasteiger partial charge in [0, 0.05) is 17.5 Å². The molecular weight excluding hydrogens is 415 g/mol. The van der Waals surface area contributed by atoms with Crippen LogP contribution in [0.5, 0.6) is 0 Å². The van der Waals surface area contributed by atoms with Crippen LogP contribution in [0.2, 0.25) is 0 Å². The second-order valence-electron chi connectivity index (χ2n) is 4.27. The molecule has 6 nitrogen and oxygen atoms in total. The smallest absolute Gasteiger partial charge is 0.447 e. The van der Waals surface area contributed by atoms with Gasteiger partial charge < -0.3 is 11.1 Å². The second-order valence-corrected chi connectivity index (χ2v) is 7.07. The van der Waals surface area contributed by atoms with E-state index in [1.165, 1.54) is 23.9 Å². The molecule has 0 saturated heterocycles. The van der Waals surface area contributed by atoms with Gasteiger partial charge in [-0.15, -0.1) is 11.8 Å². The van der Waals surface area contributed by atoms with Crippen LogP contribution in [0.3, 0.4) is 0 Å². The summed E-state index contributed by atoms with van der Waals surface area (Å²) in [7, 11) is -3.62. The van der Waals surface area contributed by atoms with Gasteiger partial charge in [-0.3, -0.25) is 9.79 Å². The summed E-state index contributed by atoms with van der Waals surface area (Å²) in [5, 5.41) is 2.09. The van der Waals surface area contributed by atoms with E-state index >= 15 is 0 Å². The van der Waals surface area contributed by atoms with Crippen molar-refractivity contribution in [2.24, 2.45) is 4.99 Å². The molecule has 0 aromatic heterocycles. The maximum atomic E-state index is 13.9. The first-order valence-corrected chi connectivity index (χ1v) is 9.08. The Balaban J connectivity index is 0.00000484. The van der Waals surface area contributed by atoms with E-state index in [1.54, 1.807) is 13.2 Å². The third-order valence-electron chi connectivity index (χ3n) is 2.58. The number of nitrogens with zero attached hydrogens (tertiary/aromatic N) is 1. The van der Waals surface area contributed by atoms with Crippen LogP contribution >= 0.6 is 11.8 Å². The van der Waals surface area contributed by atoms with E-state index in [0.29, 0.717) is 16.2 Å². The monoisotopic (exact) mass is 429 g/mol. The molecule has 0 bridgehead atoms. The van der Waals surface area contributed by atoms with Gasteiger partial charge in [0.1, 0.15) is 10.7 Å². The number of carbonyl (C=O) groups is 1. The predicted molar refractivity (Wildman–Crippen MR) is 87.0 cm³/mol. The Morgan fingerprint density at radius 2 is 2.04 bits per heavy atom. The number of halogens is 1. The van der Waals surface area contributed by atoms with Crippen LogP contribution in [0.4, 0.5) is 9.18 Å². The number of urea groups is 1. The maximum Gasteiger partial charge on any atom is 1.00 e. The van der Waals surface area contributed by atoms with Crippen molar-refractivity contribution < 1.29 is 75.8 Å². The molecule has 2 amide bonds. The van der Waals surface area contributed by atoms with E-state index in [2.05, 4.69) is 10.3 Å². The fourth-order valence-electron chi connectivity index (χ4n) is 1.66. The van der Waals surface area contributed by atoms with Crippen molar-refractivity contribution in [1.82, 2.24) is 5.32 Å². The summed E-state index contributed by atoms with van der Waals surface area (Å²) in [5.74, 6) is -0.831. The standard InChI is InChI=1S/C13H16FN3O3S2.Rb/c1-8(16-7-17-13(15)18)12(21-2)9-4-5-11(10(14)6-9)22(3,19)20;/h4-7H,1-3H3,(H3,15,16,17,18);/q;+1/p-1/b12-8-;. The third kappa shape index (κ3) is 7.14. The maximum absolute atomic E-state index is 13.9. The normalized spacial score (nSPS) is 12.5. The molecule has 0 saturated carbocycles. The molecule has 0 unspecified atom stereocenters. The van der Waals surface area contributed by atoms with E-state index in [-0.39, 0.29) is 63.1 Å². The van der Waals surface area contributed by atoms with Crippen LogP contribution in [-0.4, -0.2) is 33.3 Å². The number of carbonyl (C=O) groups excluding carboxylic acids is 1. The van der Waals surface area contributed by atoms with Gasteiger partial charge in [0.05, 0.1) is 5.70 Å². The quantitative estimate of drug-likeness (QED) is 0.529. The Kier molecular flexibility index (Phi) is 10.0. The zero-order chi connectivity index (χ0) is 16.9. The van der Waals surface area contributed by atoms with E-state index in [9.17, 15) is 17.6 Å². The van der Waals surface area contributed by atoms with Crippen molar-refractivity contribution in [3.05, 3.63) is 41.0 Å². The molecule has 0 heterocycles. The summed E-state index contributed by atoms with van der Waals surface area (Å²) in [6.45, 7) is 1.65. The SMILES string of the molecule is CS/C(=C(/C)N=CNC([NH-])=O)c1ccc(S(C)(=O)=O)c(F)c1.[Rb+]. The zero-order valence-corrected chi connectivity index (χ0v) is 19.7. The van der Waals surface area contributed by atoms with E-state index in [0.717, 1.165) is 18.7 Å². The minimum Gasteiger partial charge on any atom is -0.447 e. The minimum atomic E-state index is -3.62. The first-order valence-electron chi connectivity index (χ1n) is 5.96. The molecule has 1 aromatic carbocycles. The van der Waals surface area contributed by atoms with E-state index in [4.69, 9.17) is 5.73 Å². The number of allylic oxidation sites excluding steroid dienone is 1. The van der Waals surface area contributed by atoms with Gasteiger partial charge in [-0.05, 0) is 30.9 Å². The molecule has 0 radical (unpaired) electrons. The molecule has 1 aromatic rings. The Morgan fingerprint density at radius 3 is 2.48 bits per heavy atom. The van der Waals surface area contributed by atoms with Crippen molar-refractivity contribution >= 4 is 38.9 Å². The van der Waals surface area contributed by atoms with Gasteiger partial charge >= 0.3 is 58.2 Å². The summed E-state index contributed by atoms with van der Waals surface area (Å²) >= 11 is 1.30. The molecule has 0 spiro atoms. The molecule has 0 atom stereocenters. The summed E-state index contributed by atoms with van der Waals surface area (Å²) in [5.41, 5.74) is 7.65. The number of hydrogen-bond donors (Lipinski definition) is 1. The first kappa shape index (κ1) is 22.9. The molecule has 1 rings (SSSR count). The molecule has 0 aliphatic heterocycles. The number of hydrogen-bond acceptors (Lipinski definition) is 5. The Labute approximate surface area is 187 Å². The van der Waals surface area contributed by atoms with Gasteiger partial charge in [-0.25, -0.2) is 12.8 Å². The Bertz CT molecular complexity index is 749. The minimum absolute atomic E-state index is 0. The van der Waals surface area contributed by atoms with Gasteiger partial charge in [-0.2, -0.15) is 0 Å². The van der Waals surface area contributed by atoms with Gasteiger partial charge in [0.15, 0.2) is 15.9 Å². The molecule has 2 N–H and O–H groups in total. The average Bonchev–Trinajstić information content (AvgIpc) is 2.37. The number of rotatable bonds is 5. The van der Waals surface area contributed by atoms with Crippen molar-refractivity contribution in [2.45, 2.75) is 11.8 Å². The summed E-state index contributed by atoms with van der Waals surface area (Å²) in [6, 6.07) is 2.84. The Morgan fingerprint density at radius 1 is 1.43 bits per heavy atom. The summed E-state index contributed by atoms with van der Waals surface area (Å²) < 4.78 is 36.7. The molecule has 120 valence electrons. The fraction of sp³-hybridized carbons (Fsp3) is 0.231. The fourth-order valence-corrected chi connectivity index (χ4v) is 3.10. The molecular formula is C13H15FN3O3RbS2. The first-order chi connectivity index (χ1) is 10.2. The number of benzene rings is 1. The summed E-state index contributed by atoms with van der Waals surface area (Å²) in [6.07, 6.45) is 3.78. The van der Waals surface area contributed by atoms with Crippen molar-refractivity contribution in [3.8, 4) is 0 Å². The second kappa shape index (κ2) is 10.0. The number of nitrogens with one attached hydrogen (secondary N) is 2. The number of aliphatic imine (C=N–C) groups is 1. The largest absolute Gasteiger partial charge is 1.00 e. The zero-order valence-electron chi connectivity index (χ0n) is 13.2. The van der Waals surface area contributed by atoms with Crippen LogP contribution in [0.25, 0.3) is 10.6 Å². The molecule has 0 aliphatic carbocycles. The predicted octanol–water partition coefficient (Wildman–Crippen LogP) is 0.0748. The molecule has 10 heteroatoms. The van der Waals surface area contributed by atoms with Crippen molar-refractivity contribution in [3.63, 3.8) is 0 Å². The number of amides is 2. The van der Waals surface area contributed by atoms with E-state index < -0.39 is 21.7 Å². The Hall–Kier alpha value is -0.0648. The van der Waals surface area contributed by atoms with Crippen LogP contribution in [0.1, 0.15) is 12.5 Å². The number of thioether (sulfide) groups is 1. The average molecular weight is 430 g/mol.